The normalized spacial score (nSPS) is 16.3. The van der Waals surface area contributed by atoms with Gasteiger partial charge in [0.25, 0.3) is 0 Å². The fraction of sp³-hybridized carbons (Fsp3) is 0.333. The molecule has 3 rings (SSSR count). The number of pyridine rings is 1. The van der Waals surface area contributed by atoms with Crippen LogP contribution in [0.3, 0.4) is 0 Å². The van der Waals surface area contributed by atoms with Gasteiger partial charge >= 0.3 is 0 Å². The first-order valence-corrected chi connectivity index (χ1v) is 8.83. The van der Waals surface area contributed by atoms with Gasteiger partial charge in [-0.3, -0.25) is 9.78 Å². The maximum Gasteiger partial charge on any atom is 0.221 e. The SMILES string of the molecule is O=C(CCSCc1ccccn1)NC1CCc2ccccc21. The Hall–Kier alpha value is -1.81. The summed E-state index contributed by atoms with van der Waals surface area (Å²) in [6, 6.07) is 14.5. The van der Waals surface area contributed by atoms with Crippen LogP contribution < -0.4 is 5.32 Å². The second-order valence-electron chi connectivity index (χ2n) is 5.48. The number of aryl methyl sites for hydroxylation is 1. The topological polar surface area (TPSA) is 42.0 Å². The van der Waals surface area contributed by atoms with E-state index < -0.39 is 0 Å². The molecule has 1 atom stereocenters. The molecule has 0 bridgehead atoms. The van der Waals surface area contributed by atoms with Crippen molar-refractivity contribution in [3.63, 3.8) is 0 Å². The third-order valence-electron chi connectivity index (χ3n) is 3.92. The van der Waals surface area contributed by atoms with E-state index in [0.29, 0.717) is 6.42 Å². The van der Waals surface area contributed by atoms with Gasteiger partial charge in [0, 0.05) is 24.1 Å². The van der Waals surface area contributed by atoms with Crippen molar-refractivity contribution in [1.29, 1.82) is 0 Å². The highest BCUT2D eigenvalue weighted by Gasteiger charge is 2.22. The van der Waals surface area contributed by atoms with Crippen LogP contribution in [0.5, 0.6) is 0 Å². The van der Waals surface area contributed by atoms with E-state index in [9.17, 15) is 4.79 Å². The molecule has 0 saturated carbocycles. The molecule has 4 heteroatoms. The Balaban J connectivity index is 1.40. The third kappa shape index (κ3) is 3.89. The maximum atomic E-state index is 12.1. The van der Waals surface area contributed by atoms with Crippen LogP contribution in [-0.4, -0.2) is 16.6 Å². The standard InChI is InChI=1S/C18H20N2OS/c21-18(10-12-22-13-15-6-3-4-11-19-15)20-17-9-8-14-5-1-2-7-16(14)17/h1-7,11,17H,8-10,12-13H2,(H,20,21). The number of nitrogens with zero attached hydrogens (tertiary/aromatic N) is 1. The molecule has 0 aliphatic heterocycles. The fourth-order valence-electron chi connectivity index (χ4n) is 2.80. The summed E-state index contributed by atoms with van der Waals surface area (Å²) >= 11 is 1.75. The Bertz CT molecular complexity index is 630. The fourth-order valence-corrected chi connectivity index (χ4v) is 3.65. The van der Waals surface area contributed by atoms with Crippen LogP contribution in [0.25, 0.3) is 0 Å². The van der Waals surface area contributed by atoms with Crippen molar-refractivity contribution in [2.45, 2.75) is 31.1 Å². The zero-order valence-corrected chi connectivity index (χ0v) is 13.3. The van der Waals surface area contributed by atoms with Crippen molar-refractivity contribution in [2.75, 3.05) is 5.75 Å². The molecular weight excluding hydrogens is 292 g/mol. The summed E-state index contributed by atoms with van der Waals surface area (Å²) in [6.07, 6.45) is 4.46. The molecule has 1 aliphatic carbocycles. The van der Waals surface area contributed by atoms with Gasteiger partial charge in [0.2, 0.25) is 5.91 Å². The average molecular weight is 312 g/mol. The smallest absolute Gasteiger partial charge is 0.221 e. The zero-order chi connectivity index (χ0) is 15.2. The van der Waals surface area contributed by atoms with Gasteiger partial charge in [0.1, 0.15) is 0 Å². The number of rotatable bonds is 6. The van der Waals surface area contributed by atoms with Crippen LogP contribution in [0.1, 0.15) is 35.7 Å². The van der Waals surface area contributed by atoms with E-state index in [1.807, 2.05) is 24.3 Å². The van der Waals surface area contributed by atoms with E-state index >= 15 is 0 Å². The van der Waals surface area contributed by atoms with Gasteiger partial charge in [-0.25, -0.2) is 0 Å². The predicted molar refractivity (Wildman–Crippen MR) is 90.7 cm³/mol. The minimum absolute atomic E-state index is 0.148. The molecule has 1 unspecified atom stereocenters. The number of carbonyl (C=O) groups excluding carboxylic acids is 1. The summed E-state index contributed by atoms with van der Waals surface area (Å²) in [5.41, 5.74) is 3.73. The highest BCUT2D eigenvalue weighted by Crippen LogP contribution is 2.30. The highest BCUT2D eigenvalue weighted by atomic mass is 32.2. The van der Waals surface area contributed by atoms with Crippen LogP contribution in [0.2, 0.25) is 0 Å². The van der Waals surface area contributed by atoms with Crippen LogP contribution >= 0.6 is 11.8 Å². The lowest BCUT2D eigenvalue weighted by Crippen LogP contribution is -2.27. The van der Waals surface area contributed by atoms with Gasteiger partial charge in [-0.2, -0.15) is 11.8 Å². The lowest BCUT2D eigenvalue weighted by atomic mass is 10.1. The summed E-state index contributed by atoms with van der Waals surface area (Å²) in [5.74, 6) is 1.84. The summed E-state index contributed by atoms with van der Waals surface area (Å²) in [7, 11) is 0. The molecular formula is C18H20N2OS. The number of carbonyl (C=O) groups is 1. The van der Waals surface area contributed by atoms with Crippen molar-refractivity contribution in [2.24, 2.45) is 0 Å². The molecule has 0 fully saturated rings. The molecule has 22 heavy (non-hydrogen) atoms. The maximum absolute atomic E-state index is 12.1. The van der Waals surface area contributed by atoms with Crippen LogP contribution in [0.15, 0.2) is 48.7 Å². The summed E-state index contributed by atoms with van der Waals surface area (Å²) < 4.78 is 0. The van der Waals surface area contributed by atoms with Crippen molar-refractivity contribution < 1.29 is 4.79 Å². The first kappa shape index (κ1) is 15.1. The molecule has 0 spiro atoms. The summed E-state index contributed by atoms with van der Waals surface area (Å²) in [4.78, 5) is 16.4. The third-order valence-corrected chi connectivity index (χ3v) is 4.91. The number of hydrogen-bond donors (Lipinski definition) is 1. The second-order valence-corrected chi connectivity index (χ2v) is 6.59. The molecule has 2 aromatic rings. The number of thioether (sulfide) groups is 1. The van der Waals surface area contributed by atoms with Gasteiger partial charge in [-0.1, -0.05) is 30.3 Å². The Labute approximate surface area is 135 Å². The van der Waals surface area contributed by atoms with Crippen molar-refractivity contribution in [3.05, 3.63) is 65.5 Å². The molecule has 3 nitrogen and oxygen atoms in total. The number of nitrogens with one attached hydrogen (secondary N) is 1. The minimum Gasteiger partial charge on any atom is -0.349 e. The molecule has 1 aliphatic rings. The molecule has 1 heterocycles. The number of benzene rings is 1. The molecule has 1 N–H and O–H groups in total. The van der Waals surface area contributed by atoms with Crippen molar-refractivity contribution >= 4 is 17.7 Å². The van der Waals surface area contributed by atoms with E-state index in [4.69, 9.17) is 0 Å². The van der Waals surface area contributed by atoms with Crippen LogP contribution in [0.4, 0.5) is 0 Å². The van der Waals surface area contributed by atoms with E-state index in [2.05, 4.69) is 28.5 Å². The zero-order valence-electron chi connectivity index (χ0n) is 12.5. The molecule has 1 aromatic carbocycles. The highest BCUT2D eigenvalue weighted by molar-refractivity contribution is 7.98. The van der Waals surface area contributed by atoms with Gasteiger partial charge in [-0.15, -0.1) is 0 Å². The van der Waals surface area contributed by atoms with E-state index in [-0.39, 0.29) is 11.9 Å². The first-order chi connectivity index (χ1) is 10.8. The first-order valence-electron chi connectivity index (χ1n) is 7.68. The summed E-state index contributed by atoms with van der Waals surface area (Å²) in [5, 5.41) is 3.17. The minimum atomic E-state index is 0.148. The second kappa shape index (κ2) is 7.45. The Morgan fingerprint density at radius 3 is 2.95 bits per heavy atom. The Kier molecular flexibility index (Phi) is 5.11. The molecule has 114 valence electrons. The van der Waals surface area contributed by atoms with Gasteiger partial charge < -0.3 is 5.32 Å². The Morgan fingerprint density at radius 1 is 1.23 bits per heavy atom. The van der Waals surface area contributed by atoms with Gasteiger partial charge in [0.05, 0.1) is 11.7 Å². The predicted octanol–water partition coefficient (Wildman–Crippen LogP) is 3.51. The monoisotopic (exact) mass is 312 g/mol. The molecule has 0 saturated heterocycles. The lowest BCUT2D eigenvalue weighted by Gasteiger charge is -2.14. The largest absolute Gasteiger partial charge is 0.349 e. The van der Waals surface area contributed by atoms with Gasteiger partial charge in [-0.05, 0) is 36.1 Å². The number of fused-ring (bicyclic) bond motifs is 1. The number of amides is 1. The molecule has 1 aromatic heterocycles. The van der Waals surface area contributed by atoms with E-state index in [1.54, 1.807) is 18.0 Å². The number of aromatic nitrogens is 1. The molecule has 1 amide bonds. The number of hydrogen-bond acceptors (Lipinski definition) is 3. The lowest BCUT2D eigenvalue weighted by molar-refractivity contribution is -0.121. The van der Waals surface area contributed by atoms with Crippen LogP contribution in [-0.2, 0) is 17.0 Å². The van der Waals surface area contributed by atoms with Crippen molar-refractivity contribution in [1.82, 2.24) is 10.3 Å². The average Bonchev–Trinajstić information content (AvgIpc) is 2.96. The van der Waals surface area contributed by atoms with Crippen LogP contribution in [0, 0.1) is 0 Å². The molecule has 0 radical (unpaired) electrons. The van der Waals surface area contributed by atoms with E-state index in [1.165, 1.54) is 11.1 Å². The summed E-state index contributed by atoms with van der Waals surface area (Å²) in [6.45, 7) is 0. The van der Waals surface area contributed by atoms with Gasteiger partial charge in [0.15, 0.2) is 0 Å². The van der Waals surface area contributed by atoms with E-state index in [0.717, 1.165) is 30.0 Å². The quantitative estimate of drug-likeness (QED) is 0.830. The Morgan fingerprint density at radius 2 is 2.09 bits per heavy atom. The van der Waals surface area contributed by atoms with Crippen molar-refractivity contribution in [3.8, 4) is 0 Å².